The van der Waals surface area contributed by atoms with Gasteiger partial charge in [0.2, 0.25) is 5.91 Å². The predicted octanol–water partition coefficient (Wildman–Crippen LogP) is -1.06. The van der Waals surface area contributed by atoms with E-state index in [1.54, 1.807) is 0 Å². The molecular weight excluding hydrogens is 212 g/mol. The smallest absolute Gasteiger partial charge is 0.328 e. The lowest BCUT2D eigenvalue weighted by Crippen LogP contribution is -2.55. The van der Waals surface area contributed by atoms with E-state index >= 15 is 0 Å². The maximum atomic E-state index is 11.7. The molecule has 6 heteroatoms. The van der Waals surface area contributed by atoms with Crippen molar-refractivity contribution in [3.8, 4) is 0 Å². The first kappa shape index (κ1) is 12.9. The van der Waals surface area contributed by atoms with Crippen LogP contribution in [0.5, 0.6) is 0 Å². The zero-order valence-corrected chi connectivity index (χ0v) is 9.27. The summed E-state index contributed by atoms with van der Waals surface area (Å²) < 4.78 is 0. The van der Waals surface area contributed by atoms with Crippen molar-refractivity contribution in [1.29, 1.82) is 0 Å². The highest BCUT2D eigenvalue weighted by molar-refractivity contribution is 5.87. The first-order valence-corrected chi connectivity index (χ1v) is 5.43. The van der Waals surface area contributed by atoms with Crippen molar-refractivity contribution in [2.45, 2.75) is 31.8 Å². The number of aliphatic carboxylic acids is 1. The third-order valence-corrected chi connectivity index (χ3v) is 2.85. The molecule has 1 heterocycles. The number of hydrogen-bond donors (Lipinski definition) is 4. The molecule has 1 aliphatic rings. The lowest BCUT2D eigenvalue weighted by molar-refractivity contribution is -0.143. The molecule has 1 amide bonds. The summed E-state index contributed by atoms with van der Waals surface area (Å²) in [6, 6.07) is -1.58. The number of piperidine rings is 1. The number of carbonyl (C=O) groups is 2. The Balaban J connectivity index is 2.52. The molecule has 0 spiro atoms. The summed E-state index contributed by atoms with van der Waals surface area (Å²) in [4.78, 5) is 22.4. The predicted molar refractivity (Wildman–Crippen MR) is 56.8 cm³/mol. The van der Waals surface area contributed by atoms with Crippen molar-refractivity contribution in [2.75, 3.05) is 13.2 Å². The van der Waals surface area contributed by atoms with Gasteiger partial charge in [-0.05, 0) is 25.3 Å². The molecule has 1 rings (SSSR count). The van der Waals surface area contributed by atoms with Gasteiger partial charge in [-0.1, -0.05) is 6.92 Å². The maximum Gasteiger partial charge on any atom is 0.328 e. The molecular formula is C10H18N2O4. The molecule has 0 radical (unpaired) electrons. The quantitative estimate of drug-likeness (QED) is 0.493. The van der Waals surface area contributed by atoms with Crippen LogP contribution >= 0.6 is 0 Å². The van der Waals surface area contributed by atoms with Crippen molar-refractivity contribution in [1.82, 2.24) is 10.6 Å². The standard InChI is InChI=1S/C10H18N2O4/c1-6-3-2-4-11-8(6)9(14)12-7(5-13)10(15)16/h6-8,11,13H,2-5H2,1H3,(H,12,14)(H,15,16)/t6?,7-,8?/m0/s1. The molecule has 2 unspecified atom stereocenters. The molecule has 0 aromatic carbocycles. The van der Waals surface area contributed by atoms with E-state index in [2.05, 4.69) is 10.6 Å². The molecule has 1 saturated heterocycles. The van der Waals surface area contributed by atoms with Crippen LogP contribution < -0.4 is 10.6 Å². The van der Waals surface area contributed by atoms with Gasteiger partial charge in [0.25, 0.3) is 0 Å². The number of nitrogens with one attached hydrogen (secondary N) is 2. The van der Waals surface area contributed by atoms with Gasteiger partial charge < -0.3 is 20.8 Å². The largest absolute Gasteiger partial charge is 0.480 e. The minimum absolute atomic E-state index is 0.182. The molecule has 0 aromatic heterocycles. The molecule has 4 N–H and O–H groups in total. The zero-order valence-electron chi connectivity index (χ0n) is 9.27. The Bertz CT molecular complexity index is 270. The lowest BCUT2D eigenvalue weighted by Gasteiger charge is -2.29. The molecule has 1 aliphatic heterocycles. The first-order chi connectivity index (χ1) is 7.56. The van der Waals surface area contributed by atoms with Gasteiger partial charge >= 0.3 is 5.97 Å². The summed E-state index contributed by atoms with van der Waals surface area (Å²) in [5.74, 6) is -1.39. The number of amides is 1. The minimum Gasteiger partial charge on any atom is -0.480 e. The van der Waals surface area contributed by atoms with E-state index in [4.69, 9.17) is 10.2 Å². The van der Waals surface area contributed by atoms with E-state index in [1.807, 2.05) is 6.92 Å². The average Bonchev–Trinajstić information content (AvgIpc) is 2.25. The Morgan fingerprint density at radius 1 is 1.56 bits per heavy atom. The fraction of sp³-hybridized carbons (Fsp3) is 0.800. The molecule has 16 heavy (non-hydrogen) atoms. The summed E-state index contributed by atoms with van der Waals surface area (Å²) in [7, 11) is 0. The molecule has 3 atom stereocenters. The van der Waals surface area contributed by atoms with Crippen LogP contribution in [-0.4, -0.2) is 47.3 Å². The topological polar surface area (TPSA) is 98.7 Å². The van der Waals surface area contributed by atoms with Gasteiger partial charge in [-0.15, -0.1) is 0 Å². The number of carboxylic acid groups (broad SMARTS) is 1. The normalized spacial score (nSPS) is 27.1. The average molecular weight is 230 g/mol. The maximum absolute atomic E-state index is 11.7. The second-order valence-electron chi connectivity index (χ2n) is 4.13. The lowest BCUT2D eigenvalue weighted by atomic mass is 9.92. The Kier molecular flexibility index (Phi) is 4.70. The second-order valence-corrected chi connectivity index (χ2v) is 4.13. The highest BCUT2D eigenvalue weighted by atomic mass is 16.4. The Morgan fingerprint density at radius 2 is 2.25 bits per heavy atom. The van der Waals surface area contributed by atoms with E-state index in [9.17, 15) is 9.59 Å². The van der Waals surface area contributed by atoms with E-state index in [1.165, 1.54) is 0 Å². The van der Waals surface area contributed by atoms with Gasteiger partial charge in [0, 0.05) is 0 Å². The monoisotopic (exact) mass is 230 g/mol. The van der Waals surface area contributed by atoms with Gasteiger partial charge in [0.05, 0.1) is 12.6 Å². The number of aliphatic hydroxyl groups is 1. The summed E-state index contributed by atoms with van der Waals surface area (Å²) in [6.07, 6.45) is 1.97. The van der Waals surface area contributed by atoms with Gasteiger partial charge in [-0.3, -0.25) is 4.79 Å². The van der Waals surface area contributed by atoms with Crippen LogP contribution in [0.2, 0.25) is 0 Å². The van der Waals surface area contributed by atoms with E-state index in [0.717, 1.165) is 19.4 Å². The number of carbonyl (C=O) groups excluding carboxylic acids is 1. The van der Waals surface area contributed by atoms with E-state index < -0.39 is 18.6 Å². The van der Waals surface area contributed by atoms with Gasteiger partial charge in [-0.2, -0.15) is 0 Å². The van der Waals surface area contributed by atoms with E-state index in [-0.39, 0.29) is 17.9 Å². The SMILES string of the molecule is CC1CCCNC1C(=O)N[C@@H](CO)C(=O)O. The van der Waals surface area contributed by atoms with Crippen LogP contribution in [0.3, 0.4) is 0 Å². The van der Waals surface area contributed by atoms with Crippen LogP contribution in [0.25, 0.3) is 0 Å². The van der Waals surface area contributed by atoms with Crippen molar-refractivity contribution in [2.24, 2.45) is 5.92 Å². The Morgan fingerprint density at radius 3 is 2.75 bits per heavy atom. The molecule has 92 valence electrons. The Hall–Kier alpha value is -1.14. The van der Waals surface area contributed by atoms with Crippen molar-refractivity contribution in [3.05, 3.63) is 0 Å². The van der Waals surface area contributed by atoms with Crippen molar-refractivity contribution < 1.29 is 19.8 Å². The summed E-state index contributed by atoms with van der Waals surface area (Å²) >= 11 is 0. The van der Waals surface area contributed by atoms with Crippen molar-refractivity contribution >= 4 is 11.9 Å². The van der Waals surface area contributed by atoms with E-state index in [0.29, 0.717) is 0 Å². The number of carboxylic acids is 1. The van der Waals surface area contributed by atoms with Gasteiger partial charge in [0.15, 0.2) is 0 Å². The zero-order chi connectivity index (χ0) is 12.1. The van der Waals surface area contributed by atoms with Gasteiger partial charge in [-0.25, -0.2) is 4.79 Å². The highest BCUT2D eigenvalue weighted by Gasteiger charge is 2.30. The van der Waals surface area contributed by atoms with Gasteiger partial charge in [0.1, 0.15) is 6.04 Å². The molecule has 0 bridgehead atoms. The van der Waals surface area contributed by atoms with Crippen LogP contribution in [0.4, 0.5) is 0 Å². The molecule has 1 fully saturated rings. The van der Waals surface area contributed by atoms with Crippen LogP contribution in [0, 0.1) is 5.92 Å². The molecule has 0 aliphatic carbocycles. The van der Waals surface area contributed by atoms with Crippen molar-refractivity contribution in [3.63, 3.8) is 0 Å². The summed E-state index contributed by atoms with van der Waals surface area (Å²) in [5.41, 5.74) is 0. The number of rotatable bonds is 4. The number of aliphatic hydroxyl groups excluding tert-OH is 1. The third-order valence-electron chi connectivity index (χ3n) is 2.85. The fourth-order valence-electron chi connectivity index (χ4n) is 1.85. The number of hydrogen-bond acceptors (Lipinski definition) is 4. The minimum atomic E-state index is -1.22. The van der Waals surface area contributed by atoms with Crippen LogP contribution in [0.1, 0.15) is 19.8 Å². The fourth-order valence-corrected chi connectivity index (χ4v) is 1.85. The Labute approximate surface area is 94.0 Å². The molecule has 6 nitrogen and oxygen atoms in total. The van der Waals surface area contributed by atoms with Crippen LogP contribution in [-0.2, 0) is 9.59 Å². The second kappa shape index (κ2) is 5.81. The van der Waals surface area contributed by atoms with Crippen LogP contribution in [0.15, 0.2) is 0 Å². The highest BCUT2D eigenvalue weighted by Crippen LogP contribution is 2.15. The summed E-state index contributed by atoms with van der Waals surface area (Å²) in [5, 5.41) is 22.9. The summed E-state index contributed by atoms with van der Waals surface area (Å²) in [6.45, 7) is 2.12. The third kappa shape index (κ3) is 3.18. The molecule has 0 saturated carbocycles. The first-order valence-electron chi connectivity index (χ1n) is 5.43. The molecule has 0 aromatic rings.